The minimum atomic E-state index is -4.66. The molecule has 22 heavy (non-hydrogen) atoms. The monoisotopic (exact) mass is 384 g/mol. The summed E-state index contributed by atoms with van der Waals surface area (Å²) in [4.78, 5) is 11.7. The number of halogens is 5. The van der Waals surface area contributed by atoms with Crippen molar-refractivity contribution in [1.29, 1.82) is 0 Å². The number of carbonyl (C=O) groups is 1. The number of alkyl halides is 3. The Bertz CT molecular complexity index is 503. The molecule has 0 aliphatic rings. The number of carbonyl (C=O) groups excluding carboxylic acids is 1. The van der Waals surface area contributed by atoms with Crippen molar-refractivity contribution in [2.75, 3.05) is 0 Å². The summed E-state index contributed by atoms with van der Waals surface area (Å²) in [5, 5.41) is 0. The Labute approximate surface area is 135 Å². The quantitative estimate of drug-likeness (QED) is 0.345. The number of rotatable bonds is 7. The lowest BCUT2D eigenvalue weighted by Gasteiger charge is -2.20. The van der Waals surface area contributed by atoms with Crippen molar-refractivity contribution < 1.29 is 27.1 Å². The lowest BCUT2D eigenvalue weighted by atomic mass is 10.1. The summed E-state index contributed by atoms with van der Waals surface area (Å²) < 4.78 is 57.1. The SMILES string of the molecule is CCCCCCC(OC(=O)c1ccc(Br)cc1F)C(F)(F)F. The van der Waals surface area contributed by atoms with Crippen LogP contribution in [-0.4, -0.2) is 18.2 Å². The molecule has 0 saturated carbocycles. The van der Waals surface area contributed by atoms with Gasteiger partial charge in [0, 0.05) is 4.47 Å². The summed E-state index contributed by atoms with van der Waals surface area (Å²) in [6, 6.07) is 3.45. The second-order valence-corrected chi connectivity index (χ2v) is 5.82. The molecule has 0 spiro atoms. The first-order valence-electron chi connectivity index (χ1n) is 6.98. The highest BCUT2D eigenvalue weighted by Gasteiger charge is 2.42. The molecule has 0 fully saturated rings. The molecular weight excluding hydrogens is 368 g/mol. The van der Waals surface area contributed by atoms with Gasteiger partial charge < -0.3 is 4.74 Å². The summed E-state index contributed by atoms with van der Waals surface area (Å²) >= 11 is 3.00. The van der Waals surface area contributed by atoms with Gasteiger partial charge in [-0.1, -0.05) is 42.1 Å². The lowest BCUT2D eigenvalue weighted by molar-refractivity contribution is -0.206. The molecule has 1 aromatic rings. The molecule has 1 aromatic carbocycles. The van der Waals surface area contributed by atoms with Gasteiger partial charge in [-0.3, -0.25) is 0 Å². The van der Waals surface area contributed by atoms with Gasteiger partial charge in [-0.15, -0.1) is 0 Å². The first-order chi connectivity index (χ1) is 10.3. The van der Waals surface area contributed by atoms with Crippen molar-refractivity contribution in [2.24, 2.45) is 0 Å². The Morgan fingerprint density at radius 3 is 2.50 bits per heavy atom. The number of esters is 1. The third-order valence-electron chi connectivity index (χ3n) is 3.09. The molecule has 0 radical (unpaired) electrons. The maximum Gasteiger partial charge on any atom is 0.425 e. The van der Waals surface area contributed by atoms with Crippen molar-refractivity contribution in [3.63, 3.8) is 0 Å². The maximum absolute atomic E-state index is 13.6. The topological polar surface area (TPSA) is 26.3 Å². The predicted octanol–water partition coefficient (Wildman–Crippen LogP) is 5.65. The second-order valence-electron chi connectivity index (χ2n) is 4.91. The van der Waals surface area contributed by atoms with Gasteiger partial charge in [-0.2, -0.15) is 13.2 Å². The van der Waals surface area contributed by atoms with E-state index < -0.39 is 29.6 Å². The molecule has 0 amide bonds. The highest BCUT2D eigenvalue weighted by Crippen LogP contribution is 2.28. The largest absolute Gasteiger partial charge is 0.449 e. The van der Waals surface area contributed by atoms with E-state index in [1.165, 1.54) is 6.07 Å². The van der Waals surface area contributed by atoms with Gasteiger partial charge in [0.2, 0.25) is 0 Å². The van der Waals surface area contributed by atoms with E-state index >= 15 is 0 Å². The second kappa shape index (κ2) is 8.50. The molecule has 0 aliphatic carbocycles. The molecule has 1 atom stereocenters. The Kier molecular flexibility index (Phi) is 7.32. The van der Waals surface area contributed by atoms with Crippen molar-refractivity contribution >= 4 is 21.9 Å². The van der Waals surface area contributed by atoms with Gasteiger partial charge >= 0.3 is 12.1 Å². The van der Waals surface area contributed by atoms with Crippen LogP contribution in [0.4, 0.5) is 17.6 Å². The van der Waals surface area contributed by atoms with E-state index in [4.69, 9.17) is 0 Å². The number of benzene rings is 1. The van der Waals surface area contributed by atoms with E-state index in [0.717, 1.165) is 25.0 Å². The smallest absolute Gasteiger partial charge is 0.425 e. The number of hydrogen-bond donors (Lipinski definition) is 0. The fourth-order valence-electron chi connectivity index (χ4n) is 1.89. The van der Waals surface area contributed by atoms with Crippen molar-refractivity contribution in [1.82, 2.24) is 0 Å². The zero-order valence-electron chi connectivity index (χ0n) is 12.1. The summed E-state index contributed by atoms with van der Waals surface area (Å²) in [7, 11) is 0. The fourth-order valence-corrected chi connectivity index (χ4v) is 2.23. The van der Waals surface area contributed by atoms with E-state index in [9.17, 15) is 22.4 Å². The van der Waals surface area contributed by atoms with Gasteiger partial charge in [0.25, 0.3) is 0 Å². The first kappa shape index (κ1) is 18.9. The van der Waals surface area contributed by atoms with Crippen molar-refractivity contribution in [3.8, 4) is 0 Å². The average molecular weight is 385 g/mol. The van der Waals surface area contributed by atoms with Crippen LogP contribution in [0.15, 0.2) is 22.7 Å². The number of hydrogen-bond acceptors (Lipinski definition) is 2. The predicted molar refractivity (Wildman–Crippen MR) is 78.1 cm³/mol. The molecule has 2 nitrogen and oxygen atoms in total. The summed E-state index contributed by atoms with van der Waals surface area (Å²) in [5.74, 6) is -2.23. The van der Waals surface area contributed by atoms with Gasteiger partial charge in [0.05, 0.1) is 5.56 Å². The van der Waals surface area contributed by atoms with Gasteiger partial charge in [0.15, 0.2) is 6.10 Å². The van der Waals surface area contributed by atoms with Crippen LogP contribution in [0.2, 0.25) is 0 Å². The molecule has 0 heterocycles. The van der Waals surface area contributed by atoms with E-state index in [1.807, 2.05) is 6.92 Å². The molecule has 1 unspecified atom stereocenters. The molecule has 0 bridgehead atoms. The Balaban J connectivity index is 2.74. The summed E-state index contributed by atoms with van der Waals surface area (Å²) in [6.07, 6.45) is -4.54. The van der Waals surface area contributed by atoms with Crippen molar-refractivity contribution in [2.45, 2.75) is 51.3 Å². The minimum Gasteiger partial charge on any atom is -0.449 e. The molecular formula is C15H17BrF4O2. The first-order valence-corrected chi connectivity index (χ1v) is 7.77. The van der Waals surface area contributed by atoms with E-state index in [2.05, 4.69) is 20.7 Å². The number of unbranched alkanes of at least 4 members (excludes halogenated alkanes) is 3. The molecule has 0 aromatic heterocycles. The lowest BCUT2D eigenvalue weighted by Crippen LogP contribution is -2.34. The van der Waals surface area contributed by atoms with Crippen LogP contribution in [0.3, 0.4) is 0 Å². The van der Waals surface area contributed by atoms with Crippen LogP contribution in [0.5, 0.6) is 0 Å². The summed E-state index contributed by atoms with van der Waals surface area (Å²) in [5.41, 5.74) is -0.508. The number of ether oxygens (including phenoxy) is 1. The van der Waals surface area contributed by atoms with Crippen LogP contribution in [0, 0.1) is 5.82 Å². The Morgan fingerprint density at radius 1 is 1.27 bits per heavy atom. The van der Waals surface area contributed by atoms with Crippen LogP contribution in [-0.2, 0) is 4.74 Å². The van der Waals surface area contributed by atoms with E-state index in [0.29, 0.717) is 17.3 Å². The van der Waals surface area contributed by atoms with Crippen molar-refractivity contribution in [3.05, 3.63) is 34.1 Å². The highest BCUT2D eigenvalue weighted by atomic mass is 79.9. The Morgan fingerprint density at radius 2 is 1.95 bits per heavy atom. The van der Waals surface area contributed by atoms with E-state index in [1.54, 1.807) is 0 Å². The molecule has 0 N–H and O–H groups in total. The maximum atomic E-state index is 13.6. The molecule has 124 valence electrons. The van der Waals surface area contributed by atoms with Gasteiger partial charge in [-0.25, -0.2) is 9.18 Å². The van der Waals surface area contributed by atoms with E-state index in [-0.39, 0.29) is 6.42 Å². The molecule has 7 heteroatoms. The standard InChI is InChI=1S/C15H17BrF4O2/c1-2-3-4-5-6-13(15(18,19)20)22-14(21)11-8-7-10(16)9-12(11)17/h7-9,13H,2-6H2,1H3. The molecule has 0 saturated heterocycles. The van der Waals surface area contributed by atoms with Gasteiger partial charge in [0.1, 0.15) is 5.82 Å². The third kappa shape index (κ3) is 5.94. The van der Waals surface area contributed by atoms with Gasteiger partial charge in [-0.05, 0) is 31.0 Å². The molecule has 1 rings (SSSR count). The normalized spacial score (nSPS) is 13.0. The van der Waals surface area contributed by atoms with Crippen LogP contribution in [0.25, 0.3) is 0 Å². The van der Waals surface area contributed by atoms with Crippen LogP contribution < -0.4 is 0 Å². The van der Waals surface area contributed by atoms with Crippen LogP contribution in [0.1, 0.15) is 49.4 Å². The molecule has 0 aliphatic heterocycles. The minimum absolute atomic E-state index is 0.300. The fraction of sp³-hybridized carbons (Fsp3) is 0.533. The summed E-state index contributed by atoms with van der Waals surface area (Å²) in [6.45, 7) is 1.94. The zero-order valence-corrected chi connectivity index (χ0v) is 13.6. The zero-order chi connectivity index (χ0) is 16.8. The average Bonchev–Trinajstić information content (AvgIpc) is 2.40. The highest BCUT2D eigenvalue weighted by molar-refractivity contribution is 9.10. The Hall–Kier alpha value is -1.11. The third-order valence-corrected chi connectivity index (χ3v) is 3.58. The van der Waals surface area contributed by atoms with Crippen LogP contribution >= 0.6 is 15.9 Å².